The number of methoxy groups -OCH3 is 2. The molecule has 2 aromatic heterocycles. The van der Waals surface area contributed by atoms with Crippen molar-refractivity contribution in [1.82, 2.24) is 19.9 Å². The molecule has 0 unspecified atom stereocenters. The van der Waals surface area contributed by atoms with Crippen LogP contribution in [0.1, 0.15) is 0 Å². The molecule has 0 spiro atoms. The number of hydrogen-bond acceptors (Lipinski definition) is 7. The Morgan fingerprint density at radius 2 is 1.71 bits per heavy atom. The van der Waals surface area contributed by atoms with Crippen molar-refractivity contribution in [3.05, 3.63) is 60.0 Å². The van der Waals surface area contributed by atoms with E-state index in [0.717, 1.165) is 11.3 Å². The van der Waals surface area contributed by atoms with E-state index in [9.17, 15) is 0 Å². The second-order valence-corrected chi connectivity index (χ2v) is 6.23. The standard InChI is InChI=1S/C20H16ClN5O2/c1-27-16-9-17(28-2)14(8-13(16)21)26-20-18-19(23-11-24-20)22-10-15(25-18)12-6-4-3-5-7-12/h3-11H,1-2H3,(H,22,23,24,26). The van der Waals surface area contributed by atoms with Crippen LogP contribution in [-0.2, 0) is 0 Å². The van der Waals surface area contributed by atoms with E-state index < -0.39 is 0 Å². The molecule has 140 valence electrons. The number of anilines is 2. The molecule has 0 atom stereocenters. The van der Waals surface area contributed by atoms with Gasteiger partial charge in [0.1, 0.15) is 17.8 Å². The van der Waals surface area contributed by atoms with E-state index in [2.05, 4.69) is 20.3 Å². The lowest BCUT2D eigenvalue weighted by atomic mass is 10.2. The summed E-state index contributed by atoms with van der Waals surface area (Å²) in [6, 6.07) is 13.2. The number of fused-ring (bicyclic) bond motifs is 1. The van der Waals surface area contributed by atoms with Gasteiger partial charge in [0.15, 0.2) is 17.0 Å². The summed E-state index contributed by atoms with van der Waals surface area (Å²) in [5.41, 5.74) is 3.33. The second-order valence-electron chi connectivity index (χ2n) is 5.83. The molecule has 0 amide bonds. The first-order chi connectivity index (χ1) is 13.7. The lowest BCUT2D eigenvalue weighted by Crippen LogP contribution is -2.01. The van der Waals surface area contributed by atoms with E-state index in [0.29, 0.717) is 39.2 Å². The van der Waals surface area contributed by atoms with E-state index in [1.54, 1.807) is 32.5 Å². The molecule has 2 heterocycles. The van der Waals surface area contributed by atoms with Gasteiger partial charge in [0.25, 0.3) is 0 Å². The monoisotopic (exact) mass is 393 g/mol. The van der Waals surface area contributed by atoms with Gasteiger partial charge >= 0.3 is 0 Å². The van der Waals surface area contributed by atoms with Gasteiger partial charge in [-0.2, -0.15) is 0 Å². The first-order valence-corrected chi connectivity index (χ1v) is 8.79. The molecule has 0 radical (unpaired) electrons. The summed E-state index contributed by atoms with van der Waals surface area (Å²) in [4.78, 5) is 17.7. The lowest BCUT2D eigenvalue weighted by Gasteiger charge is -2.14. The molecule has 0 aliphatic carbocycles. The van der Waals surface area contributed by atoms with Crippen molar-refractivity contribution in [3.8, 4) is 22.8 Å². The normalized spacial score (nSPS) is 10.7. The van der Waals surface area contributed by atoms with Crippen LogP contribution < -0.4 is 14.8 Å². The number of rotatable bonds is 5. The van der Waals surface area contributed by atoms with Gasteiger partial charge in [0.2, 0.25) is 0 Å². The highest BCUT2D eigenvalue weighted by Gasteiger charge is 2.14. The van der Waals surface area contributed by atoms with Gasteiger partial charge in [0, 0.05) is 11.6 Å². The molecular formula is C20H16ClN5O2. The van der Waals surface area contributed by atoms with Gasteiger partial charge in [-0.15, -0.1) is 0 Å². The van der Waals surface area contributed by atoms with E-state index in [-0.39, 0.29) is 0 Å². The first-order valence-electron chi connectivity index (χ1n) is 8.41. The minimum absolute atomic E-state index is 0.445. The second kappa shape index (κ2) is 7.66. The van der Waals surface area contributed by atoms with Crippen molar-refractivity contribution in [2.45, 2.75) is 0 Å². The topological polar surface area (TPSA) is 82.0 Å². The molecule has 0 aliphatic heterocycles. The maximum absolute atomic E-state index is 6.27. The highest BCUT2D eigenvalue weighted by Crippen LogP contribution is 2.37. The predicted octanol–water partition coefficient (Wildman–Crippen LogP) is 4.50. The Morgan fingerprint density at radius 3 is 2.46 bits per heavy atom. The number of ether oxygens (including phenoxy) is 2. The molecule has 0 saturated carbocycles. The predicted molar refractivity (Wildman–Crippen MR) is 108 cm³/mol. The van der Waals surface area contributed by atoms with E-state index in [1.165, 1.54) is 6.33 Å². The number of nitrogens with one attached hydrogen (secondary N) is 1. The fraction of sp³-hybridized carbons (Fsp3) is 0.100. The van der Waals surface area contributed by atoms with Crippen LogP contribution in [0.4, 0.5) is 11.5 Å². The summed E-state index contributed by atoms with van der Waals surface area (Å²) in [6.45, 7) is 0. The Labute approximate surface area is 166 Å². The van der Waals surface area contributed by atoms with Crippen molar-refractivity contribution in [1.29, 1.82) is 0 Å². The Morgan fingerprint density at radius 1 is 0.929 bits per heavy atom. The van der Waals surface area contributed by atoms with E-state index in [4.69, 9.17) is 26.1 Å². The zero-order valence-electron chi connectivity index (χ0n) is 15.2. The van der Waals surface area contributed by atoms with E-state index >= 15 is 0 Å². The minimum atomic E-state index is 0.445. The van der Waals surface area contributed by atoms with Crippen molar-refractivity contribution < 1.29 is 9.47 Å². The van der Waals surface area contributed by atoms with Crippen LogP contribution in [0, 0.1) is 0 Å². The Bertz CT molecular complexity index is 1140. The fourth-order valence-electron chi connectivity index (χ4n) is 2.76. The number of benzene rings is 2. The summed E-state index contributed by atoms with van der Waals surface area (Å²) in [5, 5.41) is 3.66. The van der Waals surface area contributed by atoms with Gasteiger partial charge in [-0.05, 0) is 6.07 Å². The molecule has 0 aliphatic rings. The third kappa shape index (κ3) is 3.39. The van der Waals surface area contributed by atoms with E-state index in [1.807, 2.05) is 30.3 Å². The maximum atomic E-state index is 6.27. The summed E-state index contributed by atoms with van der Waals surface area (Å²) >= 11 is 6.27. The van der Waals surface area contributed by atoms with Gasteiger partial charge in [0.05, 0.1) is 36.8 Å². The Balaban J connectivity index is 1.80. The smallest absolute Gasteiger partial charge is 0.183 e. The van der Waals surface area contributed by atoms with Crippen molar-refractivity contribution in [2.75, 3.05) is 19.5 Å². The van der Waals surface area contributed by atoms with Crippen LogP contribution in [0.15, 0.2) is 55.0 Å². The quantitative estimate of drug-likeness (QED) is 0.534. The maximum Gasteiger partial charge on any atom is 0.183 e. The average Bonchev–Trinajstić information content (AvgIpc) is 2.74. The van der Waals surface area contributed by atoms with Crippen LogP contribution in [-0.4, -0.2) is 34.2 Å². The molecule has 1 N–H and O–H groups in total. The van der Waals surface area contributed by atoms with Gasteiger partial charge in [-0.1, -0.05) is 41.9 Å². The van der Waals surface area contributed by atoms with Gasteiger partial charge < -0.3 is 14.8 Å². The Hall–Kier alpha value is -3.45. The zero-order chi connectivity index (χ0) is 19.5. The summed E-state index contributed by atoms with van der Waals surface area (Å²) in [5.74, 6) is 1.57. The van der Waals surface area contributed by atoms with Crippen molar-refractivity contribution in [2.24, 2.45) is 0 Å². The molecule has 4 aromatic rings. The van der Waals surface area contributed by atoms with Crippen LogP contribution in [0.5, 0.6) is 11.5 Å². The third-order valence-electron chi connectivity index (χ3n) is 4.14. The molecule has 0 bridgehead atoms. The molecule has 0 saturated heterocycles. The van der Waals surface area contributed by atoms with Crippen LogP contribution in [0.2, 0.25) is 5.02 Å². The largest absolute Gasteiger partial charge is 0.495 e. The highest BCUT2D eigenvalue weighted by atomic mass is 35.5. The molecule has 7 nitrogen and oxygen atoms in total. The van der Waals surface area contributed by atoms with Crippen LogP contribution >= 0.6 is 11.6 Å². The number of hydrogen-bond donors (Lipinski definition) is 1. The first kappa shape index (κ1) is 17.9. The highest BCUT2D eigenvalue weighted by molar-refractivity contribution is 6.32. The number of halogens is 1. The fourth-order valence-corrected chi connectivity index (χ4v) is 3.00. The Kier molecular flexibility index (Phi) is 4.90. The van der Waals surface area contributed by atoms with Crippen LogP contribution in [0.3, 0.4) is 0 Å². The SMILES string of the molecule is COc1cc(OC)c(Nc2ncnc3ncc(-c4ccccc4)nc23)cc1Cl. The molecule has 2 aromatic carbocycles. The number of nitrogens with zero attached hydrogens (tertiary/aromatic N) is 4. The summed E-state index contributed by atoms with van der Waals surface area (Å²) < 4.78 is 10.7. The van der Waals surface area contributed by atoms with Gasteiger partial charge in [-0.3, -0.25) is 0 Å². The summed E-state index contributed by atoms with van der Waals surface area (Å²) in [6.07, 6.45) is 3.12. The molecule has 28 heavy (non-hydrogen) atoms. The number of aromatic nitrogens is 4. The molecule has 8 heteroatoms. The molecular weight excluding hydrogens is 378 g/mol. The summed E-state index contributed by atoms with van der Waals surface area (Å²) in [7, 11) is 3.12. The van der Waals surface area contributed by atoms with Crippen LogP contribution in [0.25, 0.3) is 22.4 Å². The zero-order valence-corrected chi connectivity index (χ0v) is 15.9. The third-order valence-corrected chi connectivity index (χ3v) is 4.44. The van der Waals surface area contributed by atoms with Crippen molar-refractivity contribution in [3.63, 3.8) is 0 Å². The van der Waals surface area contributed by atoms with Gasteiger partial charge in [-0.25, -0.2) is 19.9 Å². The van der Waals surface area contributed by atoms with Crippen molar-refractivity contribution >= 4 is 34.3 Å². The minimum Gasteiger partial charge on any atom is -0.495 e. The molecule has 4 rings (SSSR count). The lowest BCUT2D eigenvalue weighted by molar-refractivity contribution is 0.396. The molecule has 0 fully saturated rings. The average molecular weight is 394 g/mol.